The molecule has 33 heavy (non-hydrogen) atoms. The van der Waals surface area contributed by atoms with Gasteiger partial charge in [-0.2, -0.15) is 10.1 Å². The van der Waals surface area contributed by atoms with Gasteiger partial charge in [0.05, 0.1) is 5.39 Å². The molecule has 0 aliphatic carbocycles. The van der Waals surface area contributed by atoms with Crippen molar-refractivity contribution in [2.45, 2.75) is 19.3 Å². The van der Waals surface area contributed by atoms with E-state index >= 15 is 0 Å². The van der Waals surface area contributed by atoms with Crippen molar-refractivity contribution in [1.82, 2.24) is 25.7 Å². The van der Waals surface area contributed by atoms with E-state index in [2.05, 4.69) is 31.0 Å². The number of aryl methyl sites for hydroxylation is 1. The molecule has 5 N–H and O–H groups in total. The summed E-state index contributed by atoms with van der Waals surface area (Å²) in [6.45, 7) is 1.03. The standard InChI is InChI=1S/C22H22N6O5/c29-14-10-13(11-15(30)12-14)20-25-19(33-28-20)7-6-18(31)23-8-3-9-24-21-16-4-1-2-5-17(16)22(32)27-26-21/h1-2,4-5,10-12,29-30H,3,6-9H2,(H,23,31)(H,24,26)(H,27,32). The summed E-state index contributed by atoms with van der Waals surface area (Å²) in [6, 6.07) is 11.2. The van der Waals surface area contributed by atoms with Gasteiger partial charge in [0.2, 0.25) is 17.6 Å². The molecule has 2 aromatic carbocycles. The lowest BCUT2D eigenvalue weighted by atomic mass is 10.2. The summed E-state index contributed by atoms with van der Waals surface area (Å²) < 4.78 is 5.14. The van der Waals surface area contributed by atoms with Gasteiger partial charge in [0.15, 0.2) is 5.82 Å². The lowest BCUT2D eigenvalue weighted by molar-refractivity contribution is -0.121. The van der Waals surface area contributed by atoms with E-state index in [1.165, 1.54) is 18.2 Å². The third-order valence-electron chi connectivity index (χ3n) is 4.86. The molecule has 0 radical (unpaired) electrons. The first-order valence-electron chi connectivity index (χ1n) is 10.3. The number of hydrogen-bond donors (Lipinski definition) is 5. The van der Waals surface area contributed by atoms with Gasteiger partial charge in [-0.1, -0.05) is 23.4 Å². The fraction of sp³-hybridized carbons (Fsp3) is 0.227. The Morgan fingerprint density at radius 3 is 2.61 bits per heavy atom. The quantitative estimate of drug-likeness (QED) is 0.239. The SMILES string of the molecule is O=C(CCc1nc(-c2cc(O)cc(O)c2)no1)NCCCNc1n[nH]c(=O)c2ccccc12. The molecule has 11 heteroatoms. The normalized spacial score (nSPS) is 10.9. The molecule has 0 saturated carbocycles. The number of phenolic OH excluding ortho intramolecular Hbond substituents is 2. The minimum Gasteiger partial charge on any atom is -0.508 e. The number of aromatic amines is 1. The van der Waals surface area contributed by atoms with Crippen molar-refractivity contribution in [2.75, 3.05) is 18.4 Å². The van der Waals surface area contributed by atoms with E-state index in [4.69, 9.17) is 4.52 Å². The molecule has 1 amide bonds. The number of phenols is 2. The number of carbonyl (C=O) groups is 1. The van der Waals surface area contributed by atoms with Gasteiger partial charge in [-0.05, 0) is 24.6 Å². The molecule has 0 atom stereocenters. The third-order valence-corrected chi connectivity index (χ3v) is 4.86. The largest absolute Gasteiger partial charge is 0.508 e. The lowest BCUT2D eigenvalue weighted by Crippen LogP contribution is -2.26. The topological polar surface area (TPSA) is 166 Å². The van der Waals surface area contributed by atoms with Crippen LogP contribution in [0.5, 0.6) is 11.5 Å². The molecular weight excluding hydrogens is 428 g/mol. The Hall–Kier alpha value is -4.41. The number of anilines is 1. The molecule has 0 fully saturated rings. The van der Waals surface area contributed by atoms with Gasteiger partial charge in [-0.25, -0.2) is 5.10 Å². The Bertz CT molecular complexity index is 1310. The number of nitrogens with zero attached hydrogens (tertiary/aromatic N) is 3. The smallest absolute Gasteiger partial charge is 0.272 e. The number of aromatic hydroxyl groups is 2. The van der Waals surface area contributed by atoms with Crippen molar-refractivity contribution in [2.24, 2.45) is 0 Å². The molecule has 0 aliphatic rings. The summed E-state index contributed by atoms with van der Waals surface area (Å²) in [7, 11) is 0. The van der Waals surface area contributed by atoms with E-state index in [9.17, 15) is 19.8 Å². The number of nitrogens with one attached hydrogen (secondary N) is 3. The van der Waals surface area contributed by atoms with Gasteiger partial charge in [-0.3, -0.25) is 9.59 Å². The van der Waals surface area contributed by atoms with Gasteiger partial charge >= 0.3 is 0 Å². The van der Waals surface area contributed by atoms with Crippen LogP contribution >= 0.6 is 0 Å². The van der Waals surface area contributed by atoms with Crippen LogP contribution < -0.4 is 16.2 Å². The predicted octanol–water partition coefficient (Wildman–Crippen LogP) is 1.94. The monoisotopic (exact) mass is 450 g/mol. The average Bonchev–Trinajstić information content (AvgIpc) is 3.28. The van der Waals surface area contributed by atoms with Gasteiger partial charge < -0.3 is 25.4 Å². The van der Waals surface area contributed by atoms with Crippen molar-refractivity contribution in [3.63, 3.8) is 0 Å². The summed E-state index contributed by atoms with van der Waals surface area (Å²) >= 11 is 0. The minimum absolute atomic E-state index is 0.116. The third kappa shape index (κ3) is 5.45. The van der Waals surface area contributed by atoms with Crippen LogP contribution in [0.25, 0.3) is 22.2 Å². The molecule has 4 rings (SSSR count). The molecule has 4 aromatic rings. The summed E-state index contributed by atoms with van der Waals surface area (Å²) in [5.74, 6) is 0.692. The first kappa shape index (κ1) is 21.8. The zero-order valence-corrected chi connectivity index (χ0v) is 17.5. The summed E-state index contributed by atoms with van der Waals surface area (Å²) in [5.41, 5.74) is 0.168. The van der Waals surface area contributed by atoms with Crippen LogP contribution in [0.15, 0.2) is 51.8 Å². The highest BCUT2D eigenvalue weighted by molar-refractivity contribution is 5.90. The van der Waals surface area contributed by atoms with E-state index in [-0.39, 0.29) is 47.5 Å². The van der Waals surface area contributed by atoms with E-state index in [0.29, 0.717) is 36.3 Å². The van der Waals surface area contributed by atoms with Crippen molar-refractivity contribution in [1.29, 1.82) is 0 Å². The van der Waals surface area contributed by atoms with Gasteiger partial charge in [0.1, 0.15) is 11.5 Å². The number of benzene rings is 2. The number of fused-ring (bicyclic) bond motifs is 1. The molecule has 0 aliphatic heterocycles. The lowest BCUT2D eigenvalue weighted by Gasteiger charge is -2.08. The molecule has 0 bridgehead atoms. The molecule has 0 saturated heterocycles. The predicted molar refractivity (Wildman–Crippen MR) is 120 cm³/mol. The van der Waals surface area contributed by atoms with Gasteiger partial charge in [0.25, 0.3) is 5.56 Å². The number of H-pyrrole nitrogens is 1. The van der Waals surface area contributed by atoms with Crippen molar-refractivity contribution >= 4 is 22.5 Å². The molecular formula is C22H22N6O5. The molecule has 0 spiro atoms. The van der Waals surface area contributed by atoms with Gasteiger partial charge in [-0.15, -0.1) is 0 Å². The highest BCUT2D eigenvalue weighted by Crippen LogP contribution is 2.26. The summed E-state index contributed by atoms with van der Waals surface area (Å²) in [5, 5.41) is 36.8. The Morgan fingerprint density at radius 1 is 1.06 bits per heavy atom. The van der Waals surface area contributed by atoms with Crippen LogP contribution in [-0.2, 0) is 11.2 Å². The fourth-order valence-corrected chi connectivity index (χ4v) is 3.28. The molecule has 2 aromatic heterocycles. The second-order valence-electron chi connectivity index (χ2n) is 7.33. The van der Waals surface area contributed by atoms with Crippen LogP contribution in [0.2, 0.25) is 0 Å². The van der Waals surface area contributed by atoms with Crippen LogP contribution in [0.3, 0.4) is 0 Å². The van der Waals surface area contributed by atoms with Crippen LogP contribution in [0, 0.1) is 0 Å². The number of rotatable bonds is 9. The fourth-order valence-electron chi connectivity index (χ4n) is 3.28. The van der Waals surface area contributed by atoms with E-state index in [1.54, 1.807) is 12.1 Å². The maximum atomic E-state index is 12.1. The van der Waals surface area contributed by atoms with Crippen LogP contribution in [0.1, 0.15) is 18.7 Å². The van der Waals surface area contributed by atoms with Crippen molar-refractivity contribution in [3.8, 4) is 22.9 Å². The molecule has 11 nitrogen and oxygen atoms in total. The zero-order chi connectivity index (χ0) is 23.2. The minimum atomic E-state index is -0.239. The van der Waals surface area contributed by atoms with E-state index in [0.717, 1.165) is 5.39 Å². The van der Waals surface area contributed by atoms with Crippen LogP contribution in [-0.4, -0.2) is 49.5 Å². The first-order valence-corrected chi connectivity index (χ1v) is 10.3. The molecule has 2 heterocycles. The number of amides is 1. The highest BCUT2D eigenvalue weighted by Gasteiger charge is 2.12. The summed E-state index contributed by atoms with van der Waals surface area (Å²) in [4.78, 5) is 28.1. The van der Waals surface area contributed by atoms with Crippen molar-refractivity contribution in [3.05, 3.63) is 58.7 Å². The Morgan fingerprint density at radius 2 is 1.82 bits per heavy atom. The first-order chi connectivity index (χ1) is 16.0. The maximum Gasteiger partial charge on any atom is 0.272 e. The van der Waals surface area contributed by atoms with E-state index < -0.39 is 0 Å². The Kier molecular flexibility index (Phi) is 6.48. The van der Waals surface area contributed by atoms with Crippen LogP contribution in [0.4, 0.5) is 5.82 Å². The maximum absolute atomic E-state index is 12.1. The van der Waals surface area contributed by atoms with Gasteiger partial charge in [0, 0.05) is 42.9 Å². The second-order valence-corrected chi connectivity index (χ2v) is 7.33. The van der Waals surface area contributed by atoms with Crippen molar-refractivity contribution < 1.29 is 19.5 Å². The Labute approximate surface area is 187 Å². The Balaban J connectivity index is 1.20. The average molecular weight is 450 g/mol. The molecule has 0 unspecified atom stereocenters. The zero-order valence-electron chi connectivity index (χ0n) is 17.5. The summed E-state index contributed by atoms with van der Waals surface area (Å²) in [6.07, 6.45) is 1.09. The van der Waals surface area contributed by atoms with E-state index in [1.807, 2.05) is 12.1 Å². The number of hydrogen-bond acceptors (Lipinski definition) is 9. The molecule has 170 valence electrons. The highest BCUT2D eigenvalue weighted by atomic mass is 16.5. The number of carbonyl (C=O) groups excluding carboxylic acids is 1. The second kappa shape index (κ2) is 9.81. The number of aromatic nitrogens is 4.